The molecule has 5 aromatic carbocycles. The summed E-state index contributed by atoms with van der Waals surface area (Å²) in [5.74, 6) is -2.86. The Morgan fingerprint density at radius 3 is 2.00 bits per heavy atom. The second kappa shape index (κ2) is 27.1. The first-order valence-corrected chi connectivity index (χ1v) is 31.9. The largest absolute Gasteiger partial charge is 0.493 e. The number of amides is 5. The van der Waals surface area contributed by atoms with E-state index in [1.165, 1.54) is 14.2 Å². The van der Waals surface area contributed by atoms with Gasteiger partial charge in [0.2, 0.25) is 5.91 Å². The predicted molar refractivity (Wildman–Crippen MR) is 326 cm³/mol. The molecule has 5 heterocycles. The highest BCUT2D eigenvalue weighted by atomic mass is 33.1. The van der Waals surface area contributed by atoms with Crippen molar-refractivity contribution in [2.75, 3.05) is 93.2 Å². The Balaban J connectivity index is 0.938. The number of hydrogen-bond acceptors (Lipinski definition) is 20. The number of carbonyl (C=O) groups is 6. The van der Waals surface area contributed by atoms with Crippen LogP contribution < -0.4 is 39.0 Å². The Hall–Kier alpha value is -7.72. The first kappa shape index (κ1) is 62.3. The van der Waals surface area contributed by atoms with Crippen molar-refractivity contribution in [3.8, 4) is 23.0 Å². The van der Waals surface area contributed by atoms with Gasteiger partial charge in [-0.1, -0.05) is 58.0 Å². The number of fused-ring (bicyclic) bond motifs is 8. The van der Waals surface area contributed by atoms with Gasteiger partial charge in [0.25, 0.3) is 33.7 Å². The maximum absolute atomic E-state index is 15.2. The number of ether oxygens (including phenoxy) is 7. The summed E-state index contributed by atoms with van der Waals surface area (Å²) in [6.45, 7) is 4.95. The molecule has 460 valence electrons. The first-order chi connectivity index (χ1) is 41.9. The summed E-state index contributed by atoms with van der Waals surface area (Å²) in [5.41, 5.74) is 7.10. The van der Waals surface area contributed by atoms with Crippen LogP contribution in [0.3, 0.4) is 0 Å². The maximum Gasteiger partial charge on any atom is 0.353 e. The minimum absolute atomic E-state index is 0.0226. The highest BCUT2D eigenvalue weighted by Gasteiger charge is 2.42. The van der Waals surface area contributed by atoms with E-state index in [1.807, 2.05) is 59.5 Å². The van der Waals surface area contributed by atoms with Crippen molar-refractivity contribution in [2.45, 2.75) is 81.2 Å². The van der Waals surface area contributed by atoms with Gasteiger partial charge in [0.05, 0.1) is 86.6 Å². The lowest BCUT2D eigenvalue weighted by atomic mass is 10.1. The van der Waals surface area contributed by atoms with E-state index in [9.17, 15) is 36.9 Å². The molecule has 87 heavy (non-hydrogen) atoms. The SMILES string of the molecule is COCCOCCOCCN(C(=O)C(C)(C)SSCCC(C(=O)ON1C(=O)CCC1=O)S(=O)(=O)O)c1cc(COc2cc3c(cc2OC)C(=O)N2c4ccccc4C[C@H]2C=N3)cc(COc2cc3c(cc2OC)C(=O)N2c4ccccc4C[C@H]2CN3)c1. The van der Waals surface area contributed by atoms with E-state index in [1.54, 1.807) is 73.4 Å². The van der Waals surface area contributed by atoms with Gasteiger partial charge in [-0.15, -0.1) is 5.06 Å². The fourth-order valence-corrected chi connectivity index (χ4v) is 14.2. The molecule has 0 spiro atoms. The van der Waals surface area contributed by atoms with Crippen molar-refractivity contribution in [3.63, 3.8) is 0 Å². The van der Waals surface area contributed by atoms with Crippen LogP contribution in [-0.2, 0) is 74.4 Å². The van der Waals surface area contributed by atoms with Gasteiger partial charge in [-0.2, -0.15) is 8.42 Å². The fraction of sp³-hybridized carbons (Fsp3) is 0.393. The summed E-state index contributed by atoms with van der Waals surface area (Å²) in [5, 5.41) is 1.54. The molecule has 5 aromatic rings. The number of imide groups is 1. The number of rotatable bonds is 27. The van der Waals surface area contributed by atoms with Gasteiger partial charge in [-0.25, -0.2) is 4.79 Å². The zero-order chi connectivity index (χ0) is 61.6. The molecule has 26 heteroatoms. The normalized spacial score (nSPS) is 17.1. The molecule has 1 fully saturated rings. The average molecular weight is 1250 g/mol. The quantitative estimate of drug-likeness (QED) is 0.0222. The Kier molecular flexibility index (Phi) is 19.4. The summed E-state index contributed by atoms with van der Waals surface area (Å²) < 4.78 is 75.2. The Morgan fingerprint density at radius 2 is 1.34 bits per heavy atom. The first-order valence-electron chi connectivity index (χ1n) is 28.1. The van der Waals surface area contributed by atoms with Crippen LogP contribution >= 0.6 is 21.6 Å². The molecule has 0 bridgehead atoms. The van der Waals surface area contributed by atoms with Gasteiger partial charge in [0.1, 0.15) is 13.2 Å². The molecule has 2 N–H and O–H groups in total. The molecule has 23 nitrogen and oxygen atoms in total. The summed E-state index contributed by atoms with van der Waals surface area (Å²) in [7, 11) is 1.60. The van der Waals surface area contributed by atoms with Crippen LogP contribution in [0.15, 0.2) is 96.0 Å². The van der Waals surface area contributed by atoms with E-state index in [0.717, 1.165) is 44.1 Å². The smallest absolute Gasteiger partial charge is 0.353 e. The Morgan fingerprint density at radius 1 is 0.747 bits per heavy atom. The minimum atomic E-state index is -5.07. The van der Waals surface area contributed by atoms with E-state index < -0.39 is 50.2 Å². The van der Waals surface area contributed by atoms with E-state index >= 15 is 4.79 Å². The van der Waals surface area contributed by atoms with Gasteiger partial charge in [0.15, 0.2) is 28.2 Å². The van der Waals surface area contributed by atoms with E-state index in [0.29, 0.717) is 89.2 Å². The number of nitrogens with one attached hydrogen (secondary N) is 1. The number of carbonyl (C=O) groups excluding carboxylic acids is 6. The van der Waals surface area contributed by atoms with Crippen LogP contribution in [0.1, 0.15) is 76.1 Å². The summed E-state index contributed by atoms with van der Waals surface area (Å²) >= 11 is 0. The number of anilines is 4. The molecular weight excluding hydrogens is 1180 g/mol. The van der Waals surface area contributed by atoms with E-state index in [4.69, 9.17) is 43.0 Å². The highest BCUT2D eigenvalue weighted by Crippen LogP contribution is 2.44. The Bertz CT molecular complexity index is 3610. The van der Waals surface area contributed by atoms with Crippen LogP contribution in [0, 0.1) is 0 Å². The molecule has 10 rings (SSSR count). The van der Waals surface area contributed by atoms with Crippen molar-refractivity contribution in [3.05, 3.63) is 124 Å². The third-order valence-corrected chi connectivity index (χ3v) is 19.5. The van der Waals surface area contributed by atoms with Crippen LogP contribution in [-0.4, -0.2) is 155 Å². The van der Waals surface area contributed by atoms with Crippen molar-refractivity contribution in [1.29, 1.82) is 0 Å². The van der Waals surface area contributed by atoms with Crippen LogP contribution in [0.4, 0.5) is 28.4 Å². The van der Waals surface area contributed by atoms with Crippen molar-refractivity contribution in [1.82, 2.24) is 5.06 Å². The number of nitrogens with zero attached hydrogens (tertiary/aromatic N) is 5. The number of benzene rings is 5. The van der Waals surface area contributed by atoms with Gasteiger partial charge in [-0.05, 0) is 91.4 Å². The molecule has 5 aliphatic heterocycles. The van der Waals surface area contributed by atoms with E-state index in [-0.39, 0.29) is 92.9 Å². The monoisotopic (exact) mass is 1250 g/mol. The minimum Gasteiger partial charge on any atom is -0.493 e. The third kappa shape index (κ3) is 13.9. The molecule has 1 unspecified atom stereocenters. The van der Waals surface area contributed by atoms with Gasteiger partial charge < -0.3 is 53.1 Å². The topological polar surface area (TPSA) is 268 Å². The zero-order valence-corrected chi connectivity index (χ0v) is 51.0. The predicted octanol–water partition coefficient (Wildman–Crippen LogP) is 7.57. The second-order valence-electron chi connectivity index (χ2n) is 21.4. The Labute approximate surface area is 511 Å². The lowest BCUT2D eigenvalue weighted by Gasteiger charge is -2.32. The number of hydroxylamine groups is 2. The molecule has 5 amide bonds. The average Bonchev–Trinajstić information content (AvgIpc) is 1.75. The summed E-state index contributed by atoms with van der Waals surface area (Å²) in [6, 6.07) is 27.4. The fourth-order valence-electron chi connectivity index (χ4n) is 10.9. The highest BCUT2D eigenvalue weighted by molar-refractivity contribution is 8.77. The van der Waals surface area contributed by atoms with Crippen LogP contribution in [0.5, 0.6) is 23.0 Å². The van der Waals surface area contributed by atoms with Gasteiger partial charge in [-0.3, -0.25) is 38.4 Å². The van der Waals surface area contributed by atoms with Crippen molar-refractivity contribution in [2.24, 2.45) is 4.99 Å². The van der Waals surface area contributed by atoms with Crippen LogP contribution in [0.2, 0.25) is 0 Å². The lowest BCUT2D eigenvalue weighted by molar-refractivity contribution is -0.197. The standard InChI is InChI=1S/C61H66N6O17S3/c1-61(2,86-85-23-16-54(87(74,75)76)59(72)84-67-55(68)14-15-56(67)69)60(73)64(17-18-80-21-22-81-20-19-77-3)41-25-37(35-82-52-31-46-44(29-50(52)78-4)57(70)65-42(33-62-46)27-39-10-6-8-12-48(39)65)24-38(26-41)36-83-53-32-47-45(30-51(53)79-5)58(71)66-43(34-63-47)28-40-11-7-9-13-49(40)66/h6-13,24-26,29-33,42-43,54,63H,14-23,27-28,34-36H2,1-5H3,(H,74,75,76)/t42-,43-,54?/m0/s1. The zero-order valence-electron chi connectivity index (χ0n) is 48.5. The lowest BCUT2D eigenvalue weighted by Crippen LogP contribution is -2.45. The molecule has 3 atom stereocenters. The molecule has 0 aromatic heterocycles. The molecule has 1 saturated heterocycles. The van der Waals surface area contributed by atoms with Crippen molar-refractivity contribution >= 4 is 102 Å². The number of aliphatic imine (C=N–C) groups is 1. The van der Waals surface area contributed by atoms with Gasteiger partial charge >= 0.3 is 5.97 Å². The third-order valence-electron chi connectivity index (χ3n) is 15.2. The summed E-state index contributed by atoms with van der Waals surface area (Å²) in [6.07, 6.45) is 2.14. The second-order valence-corrected chi connectivity index (χ2v) is 26.1. The molecule has 0 radical (unpaired) electrons. The van der Waals surface area contributed by atoms with Crippen LogP contribution in [0.25, 0.3) is 0 Å². The molecular formula is C61H66N6O17S3. The molecule has 0 saturated carbocycles. The maximum atomic E-state index is 15.2. The summed E-state index contributed by atoms with van der Waals surface area (Å²) in [4.78, 5) is 95.8. The number of methoxy groups -OCH3 is 3. The number of para-hydroxylation sites is 2. The molecule has 0 aliphatic carbocycles. The molecule has 5 aliphatic rings. The van der Waals surface area contributed by atoms with Gasteiger partial charge in [0, 0.05) is 80.6 Å². The van der Waals surface area contributed by atoms with Crippen molar-refractivity contribution < 1.29 is 79.7 Å². The number of hydrogen-bond donors (Lipinski definition) is 2. The van der Waals surface area contributed by atoms with E-state index in [2.05, 4.69) is 5.32 Å².